The molecule has 0 saturated heterocycles. The predicted octanol–water partition coefficient (Wildman–Crippen LogP) is 11.8. The van der Waals surface area contributed by atoms with E-state index in [2.05, 4.69) is 168 Å². The first-order valence-corrected chi connectivity index (χ1v) is 15.8. The van der Waals surface area contributed by atoms with Crippen molar-refractivity contribution in [3.63, 3.8) is 0 Å². The maximum absolute atomic E-state index is 2.41. The van der Waals surface area contributed by atoms with Gasteiger partial charge in [-0.1, -0.05) is 102 Å². The van der Waals surface area contributed by atoms with E-state index in [4.69, 9.17) is 0 Å². The molecular formula is C41H28N2S. The van der Waals surface area contributed by atoms with Crippen molar-refractivity contribution in [3.05, 3.63) is 157 Å². The van der Waals surface area contributed by atoms with Gasteiger partial charge in [0.05, 0.1) is 22.4 Å². The first kappa shape index (κ1) is 25.3. The Morgan fingerprint density at radius 2 is 1.18 bits per heavy atom. The highest BCUT2D eigenvalue weighted by Crippen LogP contribution is 2.52. The Labute approximate surface area is 260 Å². The Morgan fingerprint density at radius 3 is 2.07 bits per heavy atom. The van der Waals surface area contributed by atoms with Crippen LogP contribution in [0.1, 0.15) is 5.56 Å². The number of aryl methyl sites for hydroxylation is 1. The first-order chi connectivity index (χ1) is 21.7. The fourth-order valence-electron chi connectivity index (χ4n) is 6.73. The zero-order chi connectivity index (χ0) is 29.2. The number of fused-ring (bicyclic) bond motifs is 7. The molecule has 1 aromatic heterocycles. The molecule has 9 rings (SSSR count). The number of anilines is 3. The number of hydrogen-bond donors (Lipinski definition) is 0. The third kappa shape index (κ3) is 3.90. The molecule has 7 aromatic carbocycles. The van der Waals surface area contributed by atoms with E-state index in [9.17, 15) is 0 Å². The van der Waals surface area contributed by atoms with Gasteiger partial charge in [0.1, 0.15) is 0 Å². The maximum atomic E-state index is 2.41. The van der Waals surface area contributed by atoms with Gasteiger partial charge in [-0.05, 0) is 95.6 Å². The Kier molecular flexibility index (Phi) is 5.69. The third-order valence-electron chi connectivity index (χ3n) is 8.82. The first-order valence-electron chi connectivity index (χ1n) is 15.0. The average molecular weight is 581 g/mol. The van der Waals surface area contributed by atoms with Gasteiger partial charge >= 0.3 is 0 Å². The van der Waals surface area contributed by atoms with Crippen LogP contribution < -0.4 is 4.90 Å². The Balaban J connectivity index is 1.27. The Hall–Kier alpha value is -5.25. The van der Waals surface area contributed by atoms with Gasteiger partial charge in [-0.25, -0.2) is 0 Å². The molecule has 0 saturated carbocycles. The van der Waals surface area contributed by atoms with E-state index in [0.29, 0.717) is 0 Å². The summed E-state index contributed by atoms with van der Waals surface area (Å²) in [6, 6.07) is 55.5. The van der Waals surface area contributed by atoms with Gasteiger partial charge in [0, 0.05) is 31.9 Å². The van der Waals surface area contributed by atoms with Crippen molar-refractivity contribution in [1.29, 1.82) is 0 Å². The highest BCUT2D eigenvalue weighted by Gasteiger charge is 2.25. The largest absolute Gasteiger partial charge is 0.309 e. The molecule has 3 heteroatoms. The molecule has 0 aliphatic carbocycles. The molecule has 8 aromatic rings. The second-order valence-corrected chi connectivity index (χ2v) is 12.6. The summed E-state index contributed by atoms with van der Waals surface area (Å²) in [6.45, 7) is 2.14. The van der Waals surface area contributed by atoms with Crippen LogP contribution in [0.3, 0.4) is 0 Å². The van der Waals surface area contributed by atoms with Gasteiger partial charge in [-0.3, -0.25) is 0 Å². The van der Waals surface area contributed by atoms with Crippen LogP contribution >= 0.6 is 11.8 Å². The number of benzene rings is 7. The number of para-hydroxylation sites is 2. The van der Waals surface area contributed by atoms with Crippen LogP contribution in [0.5, 0.6) is 0 Å². The van der Waals surface area contributed by atoms with Gasteiger partial charge in [0.25, 0.3) is 0 Å². The smallest absolute Gasteiger partial charge is 0.0607 e. The summed E-state index contributed by atoms with van der Waals surface area (Å²) >= 11 is 1.85. The minimum atomic E-state index is 1.17. The second kappa shape index (κ2) is 9.90. The summed E-state index contributed by atoms with van der Waals surface area (Å²) in [5.74, 6) is 0. The van der Waals surface area contributed by atoms with Gasteiger partial charge in [-0.2, -0.15) is 0 Å². The van der Waals surface area contributed by atoms with Crippen LogP contribution in [0, 0.1) is 6.92 Å². The standard InChI is InChI=1S/C41H28N2S/c1-27-15-20-32(21-16-27)42-35-22-18-29(25-34(35)41-33-12-6-5-9-28(33)17-23-37(41)42)30-19-24-40-38(26-30)43(31-10-3-2-4-11-31)36-13-7-8-14-39(36)44-40/h2-26H,1H3. The molecule has 0 unspecified atom stereocenters. The number of nitrogens with zero attached hydrogens (tertiary/aromatic N) is 2. The fourth-order valence-corrected chi connectivity index (χ4v) is 7.77. The molecule has 208 valence electrons. The SMILES string of the molecule is Cc1ccc(-n2c3ccc(-c4ccc5c(c4)N(c4ccccc4)c4ccccc4S5)cc3c3c4ccccc4ccc32)cc1. The van der Waals surface area contributed by atoms with Gasteiger partial charge in [0.15, 0.2) is 0 Å². The molecule has 0 spiro atoms. The molecule has 0 N–H and O–H groups in total. The third-order valence-corrected chi connectivity index (χ3v) is 9.95. The molecule has 1 aliphatic rings. The van der Waals surface area contributed by atoms with E-state index in [1.54, 1.807) is 0 Å². The maximum Gasteiger partial charge on any atom is 0.0607 e. The van der Waals surface area contributed by atoms with Crippen LogP contribution in [-0.2, 0) is 0 Å². The summed E-state index contributed by atoms with van der Waals surface area (Å²) in [6.07, 6.45) is 0. The molecular weight excluding hydrogens is 553 g/mol. The minimum Gasteiger partial charge on any atom is -0.309 e. The summed E-state index contributed by atoms with van der Waals surface area (Å²) in [5.41, 5.74) is 10.9. The fraction of sp³-hybridized carbons (Fsp3) is 0.0244. The van der Waals surface area contributed by atoms with Crippen LogP contribution in [0.25, 0.3) is 49.4 Å². The van der Waals surface area contributed by atoms with Crippen LogP contribution in [0.4, 0.5) is 17.1 Å². The average Bonchev–Trinajstić information content (AvgIpc) is 3.42. The molecule has 0 bridgehead atoms. The quantitative estimate of drug-likeness (QED) is 0.205. The lowest BCUT2D eigenvalue weighted by atomic mass is 9.99. The van der Waals surface area contributed by atoms with Crippen LogP contribution in [-0.4, -0.2) is 4.57 Å². The predicted molar refractivity (Wildman–Crippen MR) is 187 cm³/mol. The highest BCUT2D eigenvalue weighted by atomic mass is 32.2. The molecule has 0 radical (unpaired) electrons. The molecule has 2 heterocycles. The molecule has 44 heavy (non-hydrogen) atoms. The van der Waals surface area contributed by atoms with Crippen molar-refractivity contribution < 1.29 is 0 Å². The van der Waals surface area contributed by atoms with Gasteiger partial charge in [-0.15, -0.1) is 0 Å². The zero-order valence-electron chi connectivity index (χ0n) is 24.2. The van der Waals surface area contributed by atoms with Crippen molar-refractivity contribution in [2.45, 2.75) is 16.7 Å². The van der Waals surface area contributed by atoms with Crippen molar-refractivity contribution in [1.82, 2.24) is 4.57 Å². The lowest BCUT2D eigenvalue weighted by molar-refractivity contribution is 1.17. The van der Waals surface area contributed by atoms with Crippen molar-refractivity contribution in [2.24, 2.45) is 0 Å². The van der Waals surface area contributed by atoms with Crippen molar-refractivity contribution >= 4 is 61.4 Å². The van der Waals surface area contributed by atoms with Crippen LogP contribution in [0.2, 0.25) is 0 Å². The lowest BCUT2D eigenvalue weighted by Crippen LogP contribution is -2.14. The van der Waals surface area contributed by atoms with E-state index in [0.717, 1.165) is 0 Å². The number of rotatable bonds is 3. The van der Waals surface area contributed by atoms with E-state index in [-0.39, 0.29) is 0 Å². The zero-order valence-corrected chi connectivity index (χ0v) is 25.1. The molecule has 0 amide bonds. The Bertz CT molecular complexity index is 2370. The molecule has 2 nitrogen and oxygen atoms in total. The summed E-state index contributed by atoms with van der Waals surface area (Å²) in [7, 11) is 0. The van der Waals surface area contributed by atoms with Crippen LogP contribution in [0.15, 0.2) is 161 Å². The van der Waals surface area contributed by atoms with E-state index in [1.165, 1.54) is 81.8 Å². The number of hydrogen-bond acceptors (Lipinski definition) is 2. The normalized spacial score (nSPS) is 12.5. The molecule has 0 fully saturated rings. The molecule has 0 atom stereocenters. The number of aromatic nitrogens is 1. The monoisotopic (exact) mass is 580 g/mol. The highest BCUT2D eigenvalue weighted by molar-refractivity contribution is 7.99. The van der Waals surface area contributed by atoms with E-state index < -0.39 is 0 Å². The second-order valence-electron chi connectivity index (χ2n) is 11.5. The summed E-state index contributed by atoms with van der Waals surface area (Å²) in [4.78, 5) is 4.94. The van der Waals surface area contributed by atoms with Crippen molar-refractivity contribution in [2.75, 3.05) is 4.90 Å². The summed E-state index contributed by atoms with van der Waals surface area (Å²) < 4.78 is 2.41. The van der Waals surface area contributed by atoms with Gasteiger partial charge < -0.3 is 9.47 Å². The minimum absolute atomic E-state index is 1.17. The van der Waals surface area contributed by atoms with Gasteiger partial charge in [0.2, 0.25) is 0 Å². The van der Waals surface area contributed by atoms with Crippen molar-refractivity contribution in [3.8, 4) is 16.8 Å². The van der Waals surface area contributed by atoms with E-state index in [1.807, 2.05) is 11.8 Å². The Morgan fingerprint density at radius 1 is 0.477 bits per heavy atom. The molecule has 1 aliphatic heterocycles. The van der Waals surface area contributed by atoms with E-state index >= 15 is 0 Å². The summed E-state index contributed by atoms with van der Waals surface area (Å²) in [5, 5.41) is 5.11. The topological polar surface area (TPSA) is 8.17 Å². The lowest BCUT2D eigenvalue weighted by Gasteiger charge is -2.33.